The molecule has 1 atom stereocenters. The van der Waals surface area contributed by atoms with Crippen LogP contribution in [-0.2, 0) is 9.53 Å². The first kappa shape index (κ1) is 21.4. The third-order valence-electron chi connectivity index (χ3n) is 4.80. The lowest BCUT2D eigenvalue weighted by atomic mass is 9.95. The summed E-state index contributed by atoms with van der Waals surface area (Å²) in [5.41, 5.74) is 1.91. The Bertz CT molecular complexity index is 948. The summed E-state index contributed by atoms with van der Waals surface area (Å²) in [4.78, 5) is 17.1. The zero-order valence-corrected chi connectivity index (χ0v) is 17.8. The zero-order valence-electron chi connectivity index (χ0n) is 17.8. The van der Waals surface area contributed by atoms with Gasteiger partial charge in [0, 0.05) is 5.70 Å². The third-order valence-corrected chi connectivity index (χ3v) is 4.80. The maximum absolute atomic E-state index is 12.8. The first-order valence-corrected chi connectivity index (χ1v) is 9.92. The van der Waals surface area contributed by atoms with Crippen LogP contribution in [0.5, 0.6) is 11.5 Å². The number of nitrogens with zero attached hydrogens (tertiary/aromatic N) is 3. The van der Waals surface area contributed by atoms with E-state index in [0.717, 1.165) is 12.0 Å². The fourth-order valence-corrected chi connectivity index (χ4v) is 3.25. The SMILES string of the molecule is C=CCOC(=O)C1=C(C)Nc2ncnn2C1c1ccc(OCCC(C)C)c(OC)c1. The van der Waals surface area contributed by atoms with E-state index in [1.165, 1.54) is 12.4 Å². The van der Waals surface area contributed by atoms with Gasteiger partial charge >= 0.3 is 5.97 Å². The van der Waals surface area contributed by atoms with Gasteiger partial charge in [-0.15, -0.1) is 0 Å². The van der Waals surface area contributed by atoms with Gasteiger partial charge in [-0.25, -0.2) is 9.48 Å². The second kappa shape index (κ2) is 9.47. The van der Waals surface area contributed by atoms with E-state index in [-0.39, 0.29) is 6.61 Å². The molecule has 1 aliphatic rings. The molecule has 0 bridgehead atoms. The van der Waals surface area contributed by atoms with Crippen LogP contribution in [0, 0.1) is 5.92 Å². The number of carbonyl (C=O) groups excluding carboxylic acids is 1. The highest BCUT2D eigenvalue weighted by atomic mass is 16.5. The van der Waals surface area contributed by atoms with E-state index >= 15 is 0 Å². The highest BCUT2D eigenvalue weighted by Gasteiger charge is 2.34. The molecule has 1 unspecified atom stereocenters. The Labute approximate surface area is 176 Å². The van der Waals surface area contributed by atoms with Crippen molar-refractivity contribution in [3.63, 3.8) is 0 Å². The molecule has 8 nitrogen and oxygen atoms in total. The average molecular weight is 412 g/mol. The Morgan fingerprint density at radius 2 is 2.17 bits per heavy atom. The molecule has 0 saturated carbocycles. The Kier molecular flexibility index (Phi) is 6.76. The topological polar surface area (TPSA) is 87.5 Å². The predicted molar refractivity (Wildman–Crippen MR) is 114 cm³/mol. The molecule has 8 heteroatoms. The van der Waals surface area contributed by atoms with Crippen LogP contribution in [0.15, 0.2) is 48.5 Å². The number of nitrogens with one attached hydrogen (secondary N) is 1. The van der Waals surface area contributed by atoms with Crippen LogP contribution >= 0.6 is 0 Å². The lowest BCUT2D eigenvalue weighted by Gasteiger charge is -2.28. The number of carbonyl (C=O) groups is 1. The molecule has 0 saturated heterocycles. The van der Waals surface area contributed by atoms with Crippen molar-refractivity contribution in [2.75, 3.05) is 25.6 Å². The van der Waals surface area contributed by atoms with E-state index in [1.807, 2.05) is 25.1 Å². The number of hydrogen-bond acceptors (Lipinski definition) is 7. The molecule has 1 aromatic heterocycles. The van der Waals surface area contributed by atoms with E-state index in [1.54, 1.807) is 11.8 Å². The predicted octanol–water partition coefficient (Wildman–Crippen LogP) is 3.73. The number of rotatable bonds is 9. The van der Waals surface area contributed by atoms with Gasteiger partial charge in [0.1, 0.15) is 19.0 Å². The Morgan fingerprint density at radius 3 is 2.87 bits per heavy atom. The van der Waals surface area contributed by atoms with Crippen LogP contribution in [0.1, 0.15) is 38.8 Å². The van der Waals surface area contributed by atoms with Crippen LogP contribution < -0.4 is 14.8 Å². The molecule has 3 rings (SSSR count). The summed E-state index contributed by atoms with van der Waals surface area (Å²) in [6, 6.07) is 5.11. The lowest BCUT2D eigenvalue weighted by molar-refractivity contribution is -0.138. The largest absolute Gasteiger partial charge is 0.493 e. The minimum Gasteiger partial charge on any atom is -0.493 e. The number of esters is 1. The van der Waals surface area contributed by atoms with E-state index in [9.17, 15) is 4.79 Å². The van der Waals surface area contributed by atoms with Crippen LogP contribution in [-0.4, -0.2) is 41.1 Å². The average Bonchev–Trinajstić information content (AvgIpc) is 3.18. The normalized spacial score (nSPS) is 15.4. The Hall–Kier alpha value is -3.29. The van der Waals surface area contributed by atoms with Gasteiger partial charge in [0.25, 0.3) is 0 Å². The van der Waals surface area contributed by atoms with E-state index in [0.29, 0.717) is 41.2 Å². The first-order chi connectivity index (χ1) is 14.5. The van der Waals surface area contributed by atoms with E-state index < -0.39 is 12.0 Å². The summed E-state index contributed by atoms with van der Waals surface area (Å²) < 4.78 is 18.4. The number of ether oxygens (including phenoxy) is 3. The van der Waals surface area contributed by atoms with Crippen molar-refractivity contribution in [3.05, 3.63) is 54.0 Å². The van der Waals surface area contributed by atoms with Gasteiger partial charge in [-0.2, -0.15) is 10.1 Å². The number of aromatic nitrogens is 3. The molecule has 0 aliphatic carbocycles. The summed E-state index contributed by atoms with van der Waals surface area (Å²) in [5, 5.41) is 7.43. The molecule has 1 aromatic carbocycles. The smallest absolute Gasteiger partial charge is 0.338 e. The molecule has 30 heavy (non-hydrogen) atoms. The van der Waals surface area contributed by atoms with Crippen molar-refractivity contribution < 1.29 is 19.0 Å². The zero-order chi connectivity index (χ0) is 21.7. The number of allylic oxidation sites excluding steroid dienone is 1. The number of anilines is 1. The van der Waals surface area contributed by atoms with E-state index in [2.05, 4.69) is 35.8 Å². The van der Waals surface area contributed by atoms with Gasteiger partial charge in [0.2, 0.25) is 5.95 Å². The van der Waals surface area contributed by atoms with Crippen LogP contribution in [0.3, 0.4) is 0 Å². The fourth-order valence-electron chi connectivity index (χ4n) is 3.25. The quantitative estimate of drug-likeness (QED) is 0.496. The molecule has 0 amide bonds. The van der Waals surface area contributed by atoms with Gasteiger partial charge in [-0.05, 0) is 37.0 Å². The second-order valence-corrected chi connectivity index (χ2v) is 7.42. The first-order valence-electron chi connectivity index (χ1n) is 9.92. The minimum absolute atomic E-state index is 0.124. The molecule has 1 aliphatic heterocycles. The van der Waals surface area contributed by atoms with Crippen LogP contribution in [0.2, 0.25) is 0 Å². The number of benzene rings is 1. The summed E-state index contributed by atoms with van der Waals surface area (Å²) in [6.07, 6.45) is 3.93. The molecule has 0 fully saturated rings. The lowest BCUT2D eigenvalue weighted by Crippen LogP contribution is -2.29. The molecular formula is C22H28N4O4. The molecule has 2 heterocycles. The second-order valence-electron chi connectivity index (χ2n) is 7.42. The summed E-state index contributed by atoms with van der Waals surface area (Å²) in [5.74, 6) is 1.91. The molecule has 0 radical (unpaired) electrons. The maximum atomic E-state index is 12.8. The van der Waals surface area contributed by atoms with Gasteiger partial charge in [-0.1, -0.05) is 32.6 Å². The third kappa shape index (κ3) is 4.48. The minimum atomic E-state index is -0.514. The molecule has 1 N–H and O–H groups in total. The number of fused-ring (bicyclic) bond motifs is 1. The number of methoxy groups -OCH3 is 1. The van der Waals surface area contributed by atoms with Crippen molar-refractivity contribution in [2.45, 2.75) is 33.2 Å². The monoisotopic (exact) mass is 412 g/mol. The van der Waals surface area contributed by atoms with Gasteiger partial charge in [-0.3, -0.25) is 0 Å². The van der Waals surface area contributed by atoms with Gasteiger partial charge in [0.15, 0.2) is 11.5 Å². The van der Waals surface area contributed by atoms with Crippen molar-refractivity contribution >= 4 is 11.9 Å². The van der Waals surface area contributed by atoms with Gasteiger partial charge < -0.3 is 19.5 Å². The Balaban J connectivity index is 1.98. The molecule has 2 aromatic rings. The van der Waals surface area contributed by atoms with E-state index in [4.69, 9.17) is 14.2 Å². The molecule has 160 valence electrons. The molecule has 0 spiro atoms. The fraction of sp³-hybridized carbons (Fsp3) is 0.409. The van der Waals surface area contributed by atoms with Crippen molar-refractivity contribution in [1.29, 1.82) is 0 Å². The van der Waals surface area contributed by atoms with Gasteiger partial charge in [0.05, 0.1) is 19.3 Å². The molecular weight excluding hydrogens is 384 g/mol. The summed E-state index contributed by atoms with van der Waals surface area (Å²) >= 11 is 0. The Morgan fingerprint density at radius 1 is 1.37 bits per heavy atom. The number of hydrogen-bond donors (Lipinski definition) is 1. The van der Waals surface area contributed by atoms with Crippen molar-refractivity contribution in [2.24, 2.45) is 5.92 Å². The summed E-state index contributed by atoms with van der Waals surface area (Å²) in [6.45, 7) is 10.4. The maximum Gasteiger partial charge on any atom is 0.338 e. The van der Waals surface area contributed by atoms with Crippen LogP contribution in [0.4, 0.5) is 5.95 Å². The highest BCUT2D eigenvalue weighted by molar-refractivity contribution is 5.92. The van der Waals surface area contributed by atoms with Crippen molar-refractivity contribution in [1.82, 2.24) is 14.8 Å². The standard InChI is InChI=1S/C22H28N4O4/c1-6-10-30-21(27)19-15(4)25-22-23-13-24-26(22)20(19)16-7-8-17(18(12-16)28-5)29-11-9-14(2)3/h6-8,12-14,20H,1,9-11H2,2-5H3,(H,23,24,25). The van der Waals surface area contributed by atoms with Crippen LogP contribution in [0.25, 0.3) is 0 Å². The summed E-state index contributed by atoms with van der Waals surface area (Å²) in [7, 11) is 1.60. The highest BCUT2D eigenvalue weighted by Crippen LogP contribution is 2.38. The van der Waals surface area contributed by atoms with Crippen molar-refractivity contribution in [3.8, 4) is 11.5 Å².